The maximum Gasteiger partial charge on any atom is 0.274 e. The molecule has 33 heavy (non-hydrogen) atoms. The van der Waals surface area contributed by atoms with Gasteiger partial charge in [0, 0.05) is 43.9 Å². The summed E-state index contributed by atoms with van der Waals surface area (Å²) in [6, 6.07) is 9.41. The number of amides is 1. The van der Waals surface area contributed by atoms with Crippen LogP contribution in [0.5, 0.6) is 0 Å². The van der Waals surface area contributed by atoms with E-state index >= 15 is 0 Å². The number of halogens is 1. The van der Waals surface area contributed by atoms with Crippen molar-refractivity contribution in [2.75, 3.05) is 29.9 Å². The fourth-order valence-corrected chi connectivity index (χ4v) is 4.21. The van der Waals surface area contributed by atoms with Crippen LogP contribution in [0.25, 0.3) is 22.2 Å². The summed E-state index contributed by atoms with van der Waals surface area (Å²) >= 11 is 0. The Morgan fingerprint density at radius 2 is 2.06 bits per heavy atom. The molecule has 0 bridgehead atoms. The van der Waals surface area contributed by atoms with E-state index in [1.54, 1.807) is 24.7 Å². The lowest BCUT2D eigenvalue weighted by atomic mass is 9.97. The van der Waals surface area contributed by atoms with Gasteiger partial charge in [-0.05, 0) is 43.0 Å². The van der Waals surface area contributed by atoms with Crippen LogP contribution in [0.4, 0.5) is 11.4 Å². The number of anilines is 2. The van der Waals surface area contributed by atoms with E-state index in [4.69, 9.17) is 0 Å². The number of nitrogens with one attached hydrogen (secondary N) is 2. The van der Waals surface area contributed by atoms with Crippen LogP contribution in [-0.4, -0.2) is 55.7 Å². The van der Waals surface area contributed by atoms with Gasteiger partial charge >= 0.3 is 0 Å². The second-order valence-electron chi connectivity index (χ2n) is 8.16. The van der Waals surface area contributed by atoms with Gasteiger partial charge in [-0.1, -0.05) is 6.07 Å². The van der Waals surface area contributed by atoms with Gasteiger partial charge in [0.25, 0.3) is 5.91 Å². The number of hydrogen-bond donors (Lipinski definition) is 3. The van der Waals surface area contributed by atoms with Crippen LogP contribution in [-0.2, 0) is 7.05 Å². The Balaban J connectivity index is 0.00000259. The number of fused-ring (bicyclic) bond motifs is 1. The molecule has 10 heteroatoms. The first kappa shape index (κ1) is 22.8. The molecule has 3 aromatic heterocycles. The number of aliphatic hydroxyl groups excluding tert-OH is 1. The summed E-state index contributed by atoms with van der Waals surface area (Å²) < 4.78 is 1.83. The molecule has 1 aromatic carbocycles. The summed E-state index contributed by atoms with van der Waals surface area (Å²) in [6.07, 6.45) is 7.05. The van der Waals surface area contributed by atoms with E-state index in [0.717, 1.165) is 53.8 Å². The number of carbonyl (C=O) groups is 1. The molecule has 0 unspecified atom stereocenters. The van der Waals surface area contributed by atoms with Gasteiger partial charge in [0.2, 0.25) is 0 Å². The first-order chi connectivity index (χ1) is 15.6. The van der Waals surface area contributed by atoms with E-state index in [1.807, 2.05) is 29.9 Å². The van der Waals surface area contributed by atoms with E-state index < -0.39 is 0 Å². The normalized spacial score (nSPS) is 14.3. The smallest absolute Gasteiger partial charge is 0.274 e. The molecule has 1 aliphatic rings. The standard InChI is InChI=1S/C23H25N7O2.ClH/c1-29-21-10-22(30-7-5-15(14-31)6-8-30)20(9-16(21)13-26-29)28-23(32)19-4-2-3-18(27-19)17-11-24-25-12-17;/h2-4,9-13,15,31H,5-8,14H2,1H3,(H,24,25)(H,28,32);1H. The van der Waals surface area contributed by atoms with Crippen LogP contribution in [0.15, 0.2) is 48.9 Å². The Morgan fingerprint density at radius 1 is 1.24 bits per heavy atom. The van der Waals surface area contributed by atoms with Crippen molar-refractivity contribution in [2.45, 2.75) is 12.8 Å². The lowest BCUT2D eigenvalue weighted by molar-refractivity contribution is 0.102. The third-order valence-corrected chi connectivity index (χ3v) is 6.10. The number of rotatable bonds is 5. The quantitative estimate of drug-likeness (QED) is 0.415. The van der Waals surface area contributed by atoms with Crippen LogP contribution in [0.1, 0.15) is 23.3 Å². The van der Waals surface area contributed by atoms with E-state index in [1.165, 1.54) is 0 Å². The monoisotopic (exact) mass is 467 g/mol. The first-order valence-corrected chi connectivity index (χ1v) is 10.7. The van der Waals surface area contributed by atoms with Gasteiger partial charge in [-0.15, -0.1) is 12.4 Å². The summed E-state index contributed by atoms with van der Waals surface area (Å²) in [7, 11) is 1.91. The van der Waals surface area contributed by atoms with Crippen molar-refractivity contribution in [1.82, 2.24) is 25.0 Å². The highest BCUT2D eigenvalue weighted by atomic mass is 35.5. The zero-order valence-electron chi connectivity index (χ0n) is 18.2. The molecule has 4 aromatic rings. The minimum absolute atomic E-state index is 0. The number of aromatic amines is 1. The highest BCUT2D eigenvalue weighted by Gasteiger charge is 2.23. The number of H-pyrrole nitrogens is 1. The molecule has 1 saturated heterocycles. The average Bonchev–Trinajstić information content (AvgIpc) is 3.49. The first-order valence-electron chi connectivity index (χ1n) is 10.7. The second-order valence-corrected chi connectivity index (χ2v) is 8.16. The van der Waals surface area contributed by atoms with E-state index in [2.05, 4.69) is 36.6 Å². The van der Waals surface area contributed by atoms with Crippen molar-refractivity contribution in [3.63, 3.8) is 0 Å². The molecule has 4 heterocycles. The number of nitrogens with zero attached hydrogens (tertiary/aromatic N) is 5. The molecule has 0 radical (unpaired) electrons. The maximum absolute atomic E-state index is 13.1. The van der Waals surface area contributed by atoms with Crippen molar-refractivity contribution in [3.05, 3.63) is 54.6 Å². The minimum Gasteiger partial charge on any atom is -0.396 e. The lowest BCUT2D eigenvalue weighted by Crippen LogP contribution is -2.35. The van der Waals surface area contributed by atoms with Crippen molar-refractivity contribution < 1.29 is 9.90 Å². The van der Waals surface area contributed by atoms with Gasteiger partial charge in [0.1, 0.15) is 5.69 Å². The van der Waals surface area contributed by atoms with Gasteiger partial charge in [0.15, 0.2) is 0 Å². The minimum atomic E-state index is -0.273. The molecule has 0 aliphatic carbocycles. The maximum atomic E-state index is 13.1. The Morgan fingerprint density at radius 3 is 2.79 bits per heavy atom. The summed E-state index contributed by atoms with van der Waals surface area (Å²) in [6.45, 7) is 1.87. The summed E-state index contributed by atoms with van der Waals surface area (Å²) in [5, 5.41) is 24.6. The SMILES string of the molecule is Cl.Cn1ncc2cc(NC(=O)c3cccc(-c4cn[nH]c4)n3)c(N3CCC(CO)CC3)cc21. The molecular formula is C23H26ClN7O2. The van der Waals surface area contributed by atoms with Gasteiger partial charge in [0.05, 0.1) is 35.0 Å². The van der Waals surface area contributed by atoms with Crippen molar-refractivity contribution in [3.8, 4) is 11.3 Å². The number of aliphatic hydroxyl groups is 1. The largest absolute Gasteiger partial charge is 0.396 e. The highest BCUT2D eigenvalue weighted by molar-refractivity contribution is 6.06. The Bertz CT molecular complexity index is 1250. The van der Waals surface area contributed by atoms with E-state index in [-0.39, 0.29) is 24.9 Å². The summed E-state index contributed by atoms with van der Waals surface area (Å²) in [4.78, 5) is 19.9. The number of aromatic nitrogens is 5. The number of carbonyl (C=O) groups excluding carboxylic acids is 1. The van der Waals surface area contributed by atoms with Gasteiger partial charge in [-0.2, -0.15) is 10.2 Å². The molecule has 0 atom stereocenters. The number of aryl methyl sites for hydroxylation is 1. The molecule has 172 valence electrons. The third kappa shape index (κ3) is 4.55. The number of benzene rings is 1. The molecule has 1 aliphatic heterocycles. The third-order valence-electron chi connectivity index (χ3n) is 6.10. The Labute approximate surface area is 197 Å². The number of hydrogen-bond acceptors (Lipinski definition) is 6. The van der Waals surface area contributed by atoms with Crippen molar-refractivity contribution >= 4 is 40.6 Å². The van der Waals surface area contributed by atoms with Gasteiger partial charge < -0.3 is 15.3 Å². The zero-order valence-corrected chi connectivity index (χ0v) is 19.0. The molecule has 0 spiro atoms. The van der Waals surface area contributed by atoms with E-state index in [0.29, 0.717) is 17.3 Å². The van der Waals surface area contributed by atoms with Gasteiger partial charge in [-0.3, -0.25) is 14.6 Å². The molecule has 0 saturated carbocycles. The Kier molecular flexibility index (Phi) is 6.62. The van der Waals surface area contributed by atoms with Crippen LogP contribution in [0.2, 0.25) is 0 Å². The van der Waals surface area contributed by atoms with Crippen molar-refractivity contribution in [1.29, 1.82) is 0 Å². The molecule has 9 nitrogen and oxygen atoms in total. The average molecular weight is 468 g/mol. The van der Waals surface area contributed by atoms with E-state index in [9.17, 15) is 9.90 Å². The summed E-state index contributed by atoms with van der Waals surface area (Å²) in [5.74, 6) is 0.0599. The van der Waals surface area contributed by atoms with Crippen LogP contribution in [0, 0.1) is 5.92 Å². The predicted molar refractivity (Wildman–Crippen MR) is 130 cm³/mol. The van der Waals surface area contributed by atoms with Crippen LogP contribution < -0.4 is 10.2 Å². The molecular weight excluding hydrogens is 442 g/mol. The second kappa shape index (κ2) is 9.60. The zero-order chi connectivity index (χ0) is 22.1. The molecule has 5 rings (SSSR count). The Hall–Kier alpha value is -3.43. The molecule has 1 amide bonds. The molecule has 3 N–H and O–H groups in total. The highest BCUT2D eigenvalue weighted by Crippen LogP contribution is 2.34. The van der Waals surface area contributed by atoms with Crippen molar-refractivity contribution in [2.24, 2.45) is 13.0 Å². The van der Waals surface area contributed by atoms with Gasteiger partial charge in [-0.25, -0.2) is 4.98 Å². The fraction of sp³-hybridized carbons (Fsp3) is 0.304. The lowest BCUT2D eigenvalue weighted by Gasteiger charge is -2.34. The van der Waals surface area contributed by atoms with Crippen LogP contribution >= 0.6 is 12.4 Å². The fourth-order valence-electron chi connectivity index (χ4n) is 4.21. The summed E-state index contributed by atoms with van der Waals surface area (Å²) in [5.41, 5.74) is 4.52. The van der Waals surface area contributed by atoms with Crippen LogP contribution in [0.3, 0.4) is 0 Å². The molecule has 1 fully saturated rings. The topological polar surface area (TPSA) is 112 Å². The predicted octanol–water partition coefficient (Wildman–Crippen LogP) is 3.24. The number of piperidine rings is 1. The number of pyridine rings is 1.